The highest BCUT2D eigenvalue weighted by molar-refractivity contribution is 7.90. The first-order valence-corrected chi connectivity index (χ1v) is 22.0. The summed E-state index contributed by atoms with van der Waals surface area (Å²) in [4.78, 5) is 28.7. The van der Waals surface area contributed by atoms with Crippen LogP contribution in [0.1, 0.15) is 25.7 Å². The topological polar surface area (TPSA) is 228 Å². The maximum atomic E-state index is 12.3. The average Bonchev–Trinajstić information content (AvgIpc) is 2.88. The van der Waals surface area contributed by atoms with Gasteiger partial charge in [0.2, 0.25) is 0 Å². The number of rotatable bonds is 16. The van der Waals surface area contributed by atoms with E-state index in [1.165, 1.54) is 48.5 Å². The molecule has 0 fully saturated rings. The van der Waals surface area contributed by atoms with Crippen LogP contribution in [0.4, 0.5) is 0 Å². The molecule has 0 aromatic heterocycles. The van der Waals surface area contributed by atoms with Gasteiger partial charge in [0.05, 0.1) is 9.79 Å². The van der Waals surface area contributed by atoms with Gasteiger partial charge in [0.1, 0.15) is 11.5 Å². The van der Waals surface area contributed by atoms with Crippen molar-refractivity contribution in [2.24, 2.45) is 9.04 Å². The van der Waals surface area contributed by atoms with Gasteiger partial charge in [-0.1, -0.05) is 0 Å². The normalized spacial score (nSPS) is 12.0. The lowest BCUT2D eigenvalue weighted by molar-refractivity contribution is -0.135. The summed E-state index contributed by atoms with van der Waals surface area (Å²) in [5.41, 5.74) is 16.7. The van der Waals surface area contributed by atoms with Crippen molar-refractivity contribution in [2.45, 2.75) is 73.8 Å². The molecule has 43 heavy (non-hydrogen) atoms. The fourth-order valence-electron chi connectivity index (χ4n) is 4.08. The molecule has 0 saturated carbocycles. The van der Waals surface area contributed by atoms with Crippen molar-refractivity contribution in [3.63, 3.8) is 0 Å². The third kappa shape index (κ3) is 12.2. The minimum atomic E-state index is -4.12. The van der Waals surface area contributed by atoms with Crippen LogP contribution in [-0.4, -0.2) is 45.4 Å². The minimum absolute atomic E-state index is 0.144. The molecule has 0 aliphatic carbocycles. The molecule has 0 heterocycles. The molecule has 0 spiro atoms. The largest absolute Gasteiger partial charge is 0.455 e. The molecule has 0 unspecified atom stereocenters. The first-order chi connectivity index (χ1) is 20.0. The number of hydrogen-bond donors (Lipinski definition) is 0. The predicted molar refractivity (Wildman–Crippen MR) is 161 cm³/mol. The third-order valence-corrected chi connectivity index (χ3v) is 15.7. The number of ether oxygens (including phenoxy) is 2. The summed E-state index contributed by atoms with van der Waals surface area (Å²) in [6.07, 6.45) is 1.37. The van der Waals surface area contributed by atoms with Gasteiger partial charge in [-0.15, -0.1) is 0 Å². The predicted octanol–water partition coefficient (Wildman–Crippen LogP) is 6.18. The number of azide groups is 2. The van der Waals surface area contributed by atoms with E-state index in [9.17, 15) is 26.4 Å². The van der Waals surface area contributed by atoms with E-state index >= 15 is 0 Å². The van der Waals surface area contributed by atoms with Crippen LogP contribution >= 0.6 is 0 Å². The summed E-state index contributed by atoms with van der Waals surface area (Å²) in [5.74, 6) is -0.616. The van der Waals surface area contributed by atoms with Gasteiger partial charge in [-0.05, 0) is 111 Å². The molecular formula is C24H32N6O9S2Si2. The zero-order valence-electron chi connectivity index (χ0n) is 24.0. The smallest absolute Gasteiger partial charge is 0.311 e. The van der Waals surface area contributed by atoms with Crippen molar-refractivity contribution in [1.82, 2.24) is 0 Å². The van der Waals surface area contributed by atoms with Gasteiger partial charge < -0.3 is 13.6 Å². The van der Waals surface area contributed by atoms with Crippen LogP contribution in [-0.2, 0) is 33.8 Å². The zero-order chi connectivity index (χ0) is 32.3. The first-order valence-electron chi connectivity index (χ1n) is 12.9. The standard InChI is InChI=1S/C24H32N6O9S2Si2/c1-42(2,17-5-7-23(31)37-19-9-13-21(14-10-19)40(33,34)29-27-25)39-43(3,4)18-6-8-24(32)38-20-11-15-22(16-12-20)41(35,36)30-28-26/h9-16H,5-8,17-18H2,1-4H3. The fraction of sp³-hybridized carbons (Fsp3) is 0.417. The monoisotopic (exact) mass is 668 g/mol. The number of carbonyl (C=O) groups is 2. The lowest BCUT2D eigenvalue weighted by Crippen LogP contribution is -2.44. The molecule has 232 valence electrons. The quantitative estimate of drug-likeness (QED) is 0.0495. The molecule has 2 rings (SSSR count). The molecule has 0 saturated heterocycles. The Morgan fingerprint density at radius 2 is 1.00 bits per heavy atom. The molecule has 0 aliphatic heterocycles. The van der Waals surface area contributed by atoms with E-state index in [-0.39, 0.29) is 34.1 Å². The van der Waals surface area contributed by atoms with Gasteiger partial charge in [0.15, 0.2) is 16.6 Å². The van der Waals surface area contributed by atoms with Crippen LogP contribution in [0.3, 0.4) is 0 Å². The maximum absolute atomic E-state index is 12.3. The van der Waals surface area contributed by atoms with Gasteiger partial charge in [0, 0.05) is 31.7 Å². The SMILES string of the molecule is C[Si](C)(CCCC(=O)Oc1ccc(S(=O)(=O)N=[N+]=[N-])cc1)O[Si](C)(C)CCCC(=O)Oc1ccc(S(=O)(=O)N=[N+]=[N-])cc1. The molecule has 0 amide bonds. The number of sulfonamides is 2. The molecule has 19 heteroatoms. The van der Waals surface area contributed by atoms with Gasteiger partial charge in [0.25, 0.3) is 20.0 Å². The summed E-state index contributed by atoms with van der Waals surface area (Å²) in [6, 6.07) is 11.4. The van der Waals surface area contributed by atoms with Crippen LogP contribution in [0.25, 0.3) is 20.9 Å². The van der Waals surface area contributed by atoms with Crippen molar-refractivity contribution in [3.05, 3.63) is 69.4 Å². The Balaban J connectivity index is 1.76. The molecule has 0 bridgehead atoms. The second-order valence-electron chi connectivity index (χ2n) is 10.5. The Kier molecular flexibility index (Phi) is 12.5. The Labute approximate surface area is 251 Å². The summed E-state index contributed by atoms with van der Waals surface area (Å²) in [5, 5.41) is 0. The van der Waals surface area contributed by atoms with E-state index in [1.54, 1.807) is 0 Å². The molecule has 0 N–H and O–H groups in total. The zero-order valence-corrected chi connectivity index (χ0v) is 27.7. The molecule has 0 atom stereocenters. The summed E-state index contributed by atoms with van der Waals surface area (Å²) < 4.78 is 69.5. The Morgan fingerprint density at radius 1 is 0.674 bits per heavy atom. The highest BCUT2D eigenvalue weighted by atomic mass is 32.2. The van der Waals surface area contributed by atoms with Crippen LogP contribution in [0, 0.1) is 0 Å². The lowest BCUT2D eigenvalue weighted by atomic mass is 10.3. The van der Waals surface area contributed by atoms with Gasteiger partial charge in [-0.2, -0.15) is 0 Å². The number of hydrogen-bond acceptors (Lipinski definition) is 9. The third-order valence-electron chi connectivity index (χ3n) is 5.87. The highest BCUT2D eigenvalue weighted by Crippen LogP contribution is 2.26. The molecule has 15 nitrogen and oxygen atoms in total. The molecule has 2 aromatic carbocycles. The van der Waals surface area contributed by atoms with E-state index in [1.807, 2.05) is 0 Å². The average molecular weight is 669 g/mol. The minimum Gasteiger partial charge on any atom is -0.455 e. The number of benzene rings is 2. The Hall–Kier alpha value is -3.71. The van der Waals surface area contributed by atoms with Crippen molar-refractivity contribution >= 4 is 48.6 Å². The van der Waals surface area contributed by atoms with Gasteiger partial charge >= 0.3 is 11.9 Å². The number of nitrogens with zero attached hydrogens (tertiary/aromatic N) is 6. The highest BCUT2D eigenvalue weighted by Gasteiger charge is 2.32. The molecule has 0 radical (unpaired) electrons. The fourth-order valence-corrected chi connectivity index (χ4v) is 14.3. The molecule has 2 aromatic rings. The van der Waals surface area contributed by atoms with E-state index in [0.29, 0.717) is 24.9 Å². The van der Waals surface area contributed by atoms with Crippen molar-refractivity contribution < 1.29 is 40.0 Å². The lowest BCUT2D eigenvalue weighted by Gasteiger charge is -2.34. The van der Waals surface area contributed by atoms with Crippen LogP contribution < -0.4 is 9.47 Å². The molecular weight excluding hydrogens is 637 g/mol. The summed E-state index contributed by atoms with van der Waals surface area (Å²) in [7, 11) is -12.5. The van der Waals surface area contributed by atoms with E-state index < -0.39 is 48.6 Å². The number of esters is 2. The Bertz CT molecular complexity index is 1500. The van der Waals surface area contributed by atoms with Crippen LogP contribution in [0.15, 0.2) is 67.4 Å². The summed E-state index contributed by atoms with van der Waals surface area (Å²) in [6.45, 7) is 8.26. The van der Waals surface area contributed by atoms with E-state index in [2.05, 4.69) is 45.1 Å². The second kappa shape index (κ2) is 15.1. The van der Waals surface area contributed by atoms with E-state index in [4.69, 9.17) is 24.7 Å². The Morgan fingerprint density at radius 3 is 1.30 bits per heavy atom. The second-order valence-corrected chi connectivity index (χ2v) is 22.5. The first kappa shape index (κ1) is 35.5. The van der Waals surface area contributed by atoms with Crippen LogP contribution in [0.2, 0.25) is 38.3 Å². The van der Waals surface area contributed by atoms with Crippen molar-refractivity contribution in [2.75, 3.05) is 0 Å². The number of carbonyl (C=O) groups excluding carboxylic acids is 2. The van der Waals surface area contributed by atoms with Gasteiger partial charge in [-0.3, -0.25) is 9.59 Å². The molecule has 0 aliphatic rings. The summed E-state index contributed by atoms with van der Waals surface area (Å²) >= 11 is 0. The van der Waals surface area contributed by atoms with Crippen molar-refractivity contribution in [3.8, 4) is 11.5 Å². The van der Waals surface area contributed by atoms with E-state index in [0.717, 1.165) is 0 Å². The van der Waals surface area contributed by atoms with Gasteiger partial charge in [-0.25, -0.2) is 16.8 Å². The maximum Gasteiger partial charge on any atom is 0.311 e. The van der Waals surface area contributed by atoms with Crippen molar-refractivity contribution in [1.29, 1.82) is 0 Å². The van der Waals surface area contributed by atoms with Crippen LogP contribution in [0.5, 0.6) is 11.5 Å².